The fraction of sp³-hybridized carbons (Fsp3) is 0.0500. The lowest BCUT2D eigenvalue weighted by Crippen LogP contribution is -2.16. The Kier molecular flexibility index (Phi) is 5.29. The molecular formula is C40H29N3O. The molecule has 0 saturated heterocycles. The van der Waals surface area contributed by atoms with Crippen molar-refractivity contribution >= 4 is 49.8 Å². The molecule has 0 fully saturated rings. The molecule has 0 bridgehead atoms. The summed E-state index contributed by atoms with van der Waals surface area (Å²) in [5.41, 5.74) is 11.4. The number of aromatic nitrogens is 2. The van der Waals surface area contributed by atoms with Crippen molar-refractivity contribution < 1.29 is 4.74 Å². The Balaban J connectivity index is 1.22. The smallest absolute Gasteiger partial charge is 0.151 e. The molecule has 3 heterocycles. The molecule has 0 aliphatic carbocycles. The molecule has 1 aliphatic rings. The summed E-state index contributed by atoms with van der Waals surface area (Å²) >= 11 is 0. The zero-order chi connectivity index (χ0) is 29.4. The van der Waals surface area contributed by atoms with Crippen LogP contribution in [0.15, 0.2) is 140 Å². The van der Waals surface area contributed by atoms with Crippen molar-refractivity contribution in [3.63, 3.8) is 0 Å². The minimum atomic E-state index is 0.875. The number of benzene rings is 6. The molecule has 9 rings (SSSR count). The average molecular weight is 568 g/mol. The van der Waals surface area contributed by atoms with Crippen molar-refractivity contribution in [1.82, 2.24) is 9.13 Å². The Morgan fingerprint density at radius 3 is 1.86 bits per heavy atom. The van der Waals surface area contributed by atoms with Gasteiger partial charge in [-0.05, 0) is 110 Å². The van der Waals surface area contributed by atoms with E-state index in [0.717, 1.165) is 39.9 Å². The summed E-state index contributed by atoms with van der Waals surface area (Å²) in [6.07, 6.45) is 2.17. The van der Waals surface area contributed by atoms with E-state index in [2.05, 4.69) is 168 Å². The maximum absolute atomic E-state index is 6.39. The van der Waals surface area contributed by atoms with Gasteiger partial charge in [-0.3, -0.25) is 0 Å². The fourth-order valence-electron chi connectivity index (χ4n) is 6.74. The number of rotatable bonds is 3. The molecule has 4 heteroatoms. The van der Waals surface area contributed by atoms with Gasteiger partial charge in [0, 0.05) is 39.4 Å². The van der Waals surface area contributed by atoms with Gasteiger partial charge in [0.15, 0.2) is 11.5 Å². The predicted molar refractivity (Wildman–Crippen MR) is 182 cm³/mol. The number of ether oxygens (including phenoxy) is 1. The molecule has 1 aliphatic heterocycles. The lowest BCUT2D eigenvalue weighted by atomic mass is 10.1. The Morgan fingerprint density at radius 2 is 1.14 bits per heavy atom. The summed E-state index contributed by atoms with van der Waals surface area (Å²) in [6.45, 7) is 4.20. The van der Waals surface area contributed by atoms with E-state index in [4.69, 9.17) is 4.74 Å². The Bertz CT molecular complexity index is 2330. The zero-order valence-corrected chi connectivity index (χ0v) is 24.5. The predicted octanol–water partition coefficient (Wildman–Crippen LogP) is 10.9. The van der Waals surface area contributed by atoms with Gasteiger partial charge in [-0.1, -0.05) is 48.5 Å². The van der Waals surface area contributed by atoms with Gasteiger partial charge in [-0.2, -0.15) is 0 Å². The number of aryl methyl sites for hydroxylation is 2. The normalized spacial score (nSPS) is 12.5. The molecule has 6 aromatic carbocycles. The highest BCUT2D eigenvalue weighted by molar-refractivity contribution is 6.13. The monoisotopic (exact) mass is 567 g/mol. The Labute approximate surface area is 255 Å². The molecule has 0 spiro atoms. The van der Waals surface area contributed by atoms with E-state index in [1.807, 2.05) is 0 Å². The van der Waals surface area contributed by atoms with Gasteiger partial charge in [-0.15, -0.1) is 0 Å². The van der Waals surface area contributed by atoms with E-state index in [1.165, 1.54) is 43.8 Å². The van der Waals surface area contributed by atoms with Crippen molar-refractivity contribution in [3.8, 4) is 22.9 Å². The van der Waals surface area contributed by atoms with Crippen molar-refractivity contribution in [1.29, 1.82) is 0 Å². The maximum atomic E-state index is 6.39. The van der Waals surface area contributed by atoms with Crippen LogP contribution in [0, 0.1) is 13.8 Å². The van der Waals surface area contributed by atoms with Crippen LogP contribution in [-0.4, -0.2) is 9.13 Å². The molecule has 4 nitrogen and oxygen atoms in total. The third-order valence-corrected chi connectivity index (χ3v) is 8.82. The molecule has 0 atom stereocenters. The third-order valence-electron chi connectivity index (χ3n) is 8.82. The first-order chi connectivity index (χ1) is 21.6. The standard InChI is InChI=1S/C40H29N3O/c1-26-12-18-35-39(22-26)44-40-23-27(2)13-19-36(40)43(35)31-16-14-30(15-17-31)42-34-11-7-6-10-32(34)33-24-28-20-21-41(37(28)25-38(33)42)29-8-4-3-5-9-29/h3-25H,1-2H3. The summed E-state index contributed by atoms with van der Waals surface area (Å²) in [4.78, 5) is 2.30. The van der Waals surface area contributed by atoms with E-state index in [-0.39, 0.29) is 0 Å². The number of hydrogen-bond donors (Lipinski definition) is 0. The molecule has 0 saturated carbocycles. The van der Waals surface area contributed by atoms with E-state index >= 15 is 0 Å². The van der Waals surface area contributed by atoms with Gasteiger partial charge < -0.3 is 18.8 Å². The number of nitrogens with zero attached hydrogens (tertiary/aromatic N) is 3. The highest BCUT2D eigenvalue weighted by atomic mass is 16.5. The van der Waals surface area contributed by atoms with Gasteiger partial charge in [-0.25, -0.2) is 0 Å². The van der Waals surface area contributed by atoms with E-state index in [1.54, 1.807) is 0 Å². The molecule has 0 unspecified atom stereocenters. The van der Waals surface area contributed by atoms with Gasteiger partial charge in [0.05, 0.1) is 27.9 Å². The first-order valence-electron chi connectivity index (χ1n) is 15.0. The van der Waals surface area contributed by atoms with Crippen LogP contribution in [0.25, 0.3) is 44.1 Å². The van der Waals surface area contributed by atoms with Gasteiger partial charge in [0.1, 0.15) is 0 Å². The third kappa shape index (κ3) is 3.71. The van der Waals surface area contributed by atoms with Crippen molar-refractivity contribution in [2.75, 3.05) is 4.90 Å². The zero-order valence-electron chi connectivity index (χ0n) is 24.5. The van der Waals surface area contributed by atoms with Gasteiger partial charge in [0.25, 0.3) is 0 Å². The average Bonchev–Trinajstić information content (AvgIpc) is 3.61. The Hall–Kier alpha value is -5.74. The molecule has 0 radical (unpaired) electrons. The number of anilines is 3. The van der Waals surface area contributed by atoms with Crippen molar-refractivity contribution in [2.24, 2.45) is 0 Å². The second-order valence-electron chi connectivity index (χ2n) is 11.7. The van der Waals surface area contributed by atoms with Crippen LogP contribution in [0.3, 0.4) is 0 Å². The van der Waals surface area contributed by atoms with Crippen molar-refractivity contribution in [2.45, 2.75) is 13.8 Å². The molecule has 2 aromatic heterocycles. The molecule has 0 amide bonds. The quantitative estimate of drug-likeness (QED) is 0.212. The van der Waals surface area contributed by atoms with E-state index < -0.39 is 0 Å². The maximum Gasteiger partial charge on any atom is 0.151 e. The molecule has 44 heavy (non-hydrogen) atoms. The van der Waals surface area contributed by atoms with Gasteiger partial charge in [0.2, 0.25) is 0 Å². The van der Waals surface area contributed by atoms with Crippen LogP contribution < -0.4 is 9.64 Å². The fourth-order valence-corrected chi connectivity index (χ4v) is 6.74. The first-order valence-corrected chi connectivity index (χ1v) is 15.0. The van der Waals surface area contributed by atoms with Crippen LogP contribution in [0.1, 0.15) is 11.1 Å². The SMILES string of the molecule is Cc1ccc2c(c1)Oc1cc(C)ccc1N2c1ccc(-n2c3ccccc3c3cc4ccn(-c5ccccc5)c4cc32)cc1. The highest BCUT2D eigenvalue weighted by Gasteiger charge is 2.26. The van der Waals surface area contributed by atoms with Crippen LogP contribution in [0.4, 0.5) is 17.1 Å². The molecule has 210 valence electrons. The molecule has 8 aromatic rings. The van der Waals surface area contributed by atoms with Crippen LogP contribution >= 0.6 is 0 Å². The lowest BCUT2D eigenvalue weighted by molar-refractivity contribution is 0.476. The largest absolute Gasteiger partial charge is 0.453 e. The highest BCUT2D eigenvalue weighted by Crippen LogP contribution is 2.51. The van der Waals surface area contributed by atoms with Gasteiger partial charge >= 0.3 is 0 Å². The van der Waals surface area contributed by atoms with Crippen molar-refractivity contribution in [3.05, 3.63) is 151 Å². The summed E-state index contributed by atoms with van der Waals surface area (Å²) < 4.78 is 11.1. The Morgan fingerprint density at radius 1 is 0.477 bits per heavy atom. The van der Waals surface area contributed by atoms with Crippen LogP contribution in [-0.2, 0) is 0 Å². The molecule has 0 N–H and O–H groups in total. The van der Waals surface area contributed by atoms with Crippen LogP contribution in [0.5, 0.6) is 11.5 Å². The lowest BCUT2D eigenvalue weighted by Gasteiger charge is -2.33. The number of para-hydroxylation sites is 2. The minimum absolute atomic E-state index is 0.875. The second kappa shape index (κ2) is 9.38. The first kappa shape index (κ1) is 24.8. The summed E-state index contributed by atoms with van der Waals surface area (Å²) in [5, 5.41) is 3.74. The summed E-state index contributed by atoms with van der Waals surface area (Å²) in [5.74, 6) is 1.75. The second-order valence-corrected chi connectivity index (χ2v) is 11.7. The minimum Gasteiger partial charge on any atom is -0.453 e. The van der Waals surface area contributed by atoms with Crippen LogP contribution in [0.2, 0.25) is 0 Å². The van der Waals surface area contributed by atoms with E-state index in [9.17, 15) is 0 Å². The summed E-state index contributed by atoms with van der Waals surface area (Å²) in [6, 6.07) is 47.9. The van der Waals surface area contributed by atoms with E-state index in [0.29, 0.717) is 0 Å². The number of fused-ring (bicyclic) bond motifs is 6. The topological polar surface area (TPSA) is 22.3 Å². The number of hydrogen-bond acceptors (Lipinski definition) is 2. The summed E-state index contributed by atoms with van der Waals surface area (Å²) in [7, 11) is 0. The molecular weight excluding hydrogens is 538 g/mol.